The van der Waals surface area contributed by atoms with Gasteiger partial charge < -0.3 is 33.8 Å². The number of allylic oxidation sites excluding steroid dienone is 31. The predicted molar refractivity (Wildman–Crippen MR) is 436 cm³/mol. The topological polar surface area (TPSA) is 237 Å². The molecule has 0 aliphatic carbocycles. The lowest BCUT2D eigenvalue weighted by molar-refractivity contribution is -0.161. The molecule has 0 fully saturated rings. The normalized spacial score (nSPS) is 14.9. The number of unbranched alkanes of at least 4 members (excludes halogenated alkanes) is 15. The number of hydrogen-bond acceptors (Lipinski definition) is 15. The zero-order valence-electron chi connectivity index (χ0n) is 65.3. The Morgan fingerprint density at radius 3 is 0.811 bits per heavy atom. The number of esters is 4. The smallest absolute Gasteiger partial charge is 0.462 e. The molecule has 0 aromatic carbocycles. The minimum Gasteiger partial charge on any atom is -0.462 e. The van der Waals surface area contributed by atoms with Gasteiger partial charge in [-0.15, -0.1) is 0 Å². The van der Waals surface area contributed by atoms with Crippen molar-refractivity contribution in [1.29, 1.82) is 0 Å². The average Bonchev–Trinajstić information content (AvgIpc) is 0.899. The van der Waals surface area contributed by atoms with Crippen LogP contribution in [-0.2, 0) is 65.4 Å². The first-order valence-corrected chi connectivity index (χ1v) is 42.7. The quantitative estimate of drug-likeness (QED) is 0.0169. The Morgan fingerprint density at radius 1 is 0.274 bits per heavy atom. The van der Waals surface area contributed by atoms with Crippen LogP contribution >= 0.6 is 15.6 Å². The van der Waals surface area contributed by atoms with Gasteiger partial charge in [-0.2, -0.15) is 0 Å². The van der Waals surface area contributed by atoms with E-state index in [4.69, 9.17) is 37.0 Å². The molecule has 0 aliphatic rings. The van der Waals surface area contributed by atoms with Gasteiger partial charge in [0.2, 0.25) is 0 Å². The van der Waals surface area contributed by atoms with E-state index in [1.165, 1.54) is 0 Å². The van der Waals surface area contributed by atoms with Crippen LogP contribution in [0.3, 0.4) is 0 Å². The number of rotatable bonds is 72. The molecule has 0 saturated heterocycles. The molecule has 5 unspecified atom stereocenters. The molecule has 3 N–H and O–H groups in total. The van der Waals surface area contributed by atoms with Crippen LogP contribution in [0.5, 0.6) is 0 Å². The van der Waals surface area contributed by atoms with Gasteiger partial charge in [0, 0.05) is 19.3 Å². The van der Waals surface area contributed by atoms with Crippen LogP contribution in [0.25, 0.3) is 0 Å². The molecule has 0 spiro atoms. The second-order valence-corrected chi connectivity index (χ2v) is 28.4. The highest BCUT2D eigenvalue weighted by Crippen LogP contribution is 2.45. The summed E-state index contributed by atoms with van der Waals surface area (Å²) in [6.45, 7) is 4.20. The van der Waals surface area contributed by atoms with Crippen molar-refractivity contribution in [3.05, 3.63) is 194 Å². The van der Waals surface area contributed by atoms with Gasteiger partial charge in [-0.3, -0.25) is 37.3 Å². The third kappa shape index (κ3) is 76.1. The Morgan fingerprint density at radius 2 is 0.500 bits per heavy atom. The monoisotopic (exact) mass is 1520 g/mol. The van der Waals surface area contributed by atoms with Crippen LogP contribution in [-0.4, -0.2) is 96.7 Å². The molecule has 0 aromatic heterocycles. The summed E-state index contributed by atoms with van der Waals surface area (Å²) < 4.78 is 68.4. The molecule has 0 aromatic rings. The Balaban J connectivity index is 5.50. The van der Waals surface area contributed by atoms with E-state index in [-0.39, 0.29) is 25.7 Å². The van der Waals surface area contributed by atoms with Gasteiger partial charge in [-0.1, -0.05) is 280 Å². The fourth-order valence-electron chi connectivity index (χ4n) is 9.70. The van der Waals surface area contributed by atoms with Crippen molar-refractivity contribution >= 4 is 39.5 Å². The Bertz CT molecular complexity index is 2780. The Kier molecular flexibility index (Phi) is 72.6. The standard InChI is InChI=1S/C87H138O17P2/c1-5-9-13-17-21-25-29-33-37-39-40-42-45-48-52-56-60-64-68-72-85(90)98-78-83(104-87(92)74-70-66-62-58-54-50-46-41-38-34-30-26-22-18-14-10-6-2)80-102-106(95,96)100-76-81(88)75-99-105(93,94)101-79-82(103-86(91)73-69-65-61-57-53-49-44-36-32-28-24-20-16-12-8-4)77-97-84(89)71-67-63-59-55-51-47-43-35-31-27-23-19-15-11-7-3/h9-16,21-28,33-38,40,42-44,51,53,55,57,63,67,81-83,88H,5-8,17-20,29-32,39,41,45-50,52,54,56,58-62,64-66,68-80H2,1-4H3,(H,93,94)(H,95,96)/b13-9-,14-10-,15-11-,16-12-,25-21-,26-22-,27-23-,28-24-,37-33-,38-34-,42-40-,43-35-,44-36-,55-51-,57-53-,67-63-. The summed E-state index contributed by atoms with van der Waals surface area (Å²) in [7, 11) is -10.0. The second-order valence-electron chi connectivity index (χ2n) is 25.5. The fraction of sp³-hybridized carbons (Fsp3) is 0.586. The molecule has 598 valence electrons. The van der Waals surface area contributed by atoms with Crippen molar-refractivity contribution in [3.63, 3.8) is 0 Å². The summed E-state index contributed by atoms with van der Waals surface area (Å²) in [5.41, 5.74) is 0. The van der Waals surface area contributed by atoms with E-state index >= 15 is 0 Å². The van der Waals surface area contributed by atoms with E-state index < -0.39 is 97.5 Å². The molecular formula is C87H138O17P2. The number of aliphatic hydroxyl groups is 1. The highest BCUT2D eigenvalue weighted by Gasteiger charge is 2.30. The van der Waals surface area contributed by atoms with E-state index in [1.807, 2.05) is 24.3 Å². The molecule has 0 saturated carbocycles. The summed E-state index contributed by atoms with van der Waals surface area (Å²) >= 11 is 0. The van der Waals surface area contributed by atoms with Gasteiger partial charge in [0.1, 0.15) is 19.3 Å². The third-order valence-electron chi connectivity index (χ3n) is 15.6. The van der Waals surface area contributed by atoms with Crippen LogP contribution < -0.4 is 0 Å². The van der Waals surface area contributed by atoms with Gasteiger partial charge in [0.05, 0.1) is 32.8 Å². The van der Waals surface area contributed by atoms with E-state index in [0.717, 1.165) is 186 Å². The number of aliphatic hydroxyl groups excluding tert-OH is 1. The van der Waals surface area contributed by atoms with Crippen molar-refractivity contribution in [3.8, 4) is 0 Å². The molecule has 0 radical (unpaired) electrons. The third-order valence-corrected chi connectivity index (χ3v) is 17.5. The van der Waals surface area contributed by atoms with Crippen LogP contribution in [0.2, 0.25) is 0 Å². The number of carbonyl (C=O) groups is 4. The zero-order valence-corrected chi connectivity index (χ0v) is 67.1. The SMILES string of the molecule is CC/C=C\C/C=C\C/C=C\C/C=C\C/C=C\CC(=O)OCC(COP(=O)(O)OCC(O)COP(=O)(O)OCC(COC(=O)CCCCCCCC/C=C\C/C=C\C/C=C\C/C=C\CC)OC(=O)CCCCCCCCC/C=C\C/C=C\C/C=C\CC)OC(=O)CCCC/C=C\C/C=C\C/C=C\C/C=C\CC. The van der Waals surface area contributed by atoms with Gasteiger partial charge in [0.25, 0.3) is 0 Å². The highest BCUT2D eigenvalue weighted by molar-refractivity contribution is 7.47. The first kappa shape index (κ1) is 99.9. The van der Waals surface area contributed by atoms with Gasteiger partial charge >= 0.3 is 39.5 Å². The van der Waals surface area contributed by atoms with Crippen molar-refractivity contribution < 1.29 is 80.2 Å². The lowest BCUT2D eigenvalue weighted by atomic mass is 10.1. The van der Waals surface area contributed by atoms with Crippen molar-refractivity contribution in [2.75, 3.05) is 39.6 Å². The van der Waals surface area contributed by atoms with Gasteiger partial charge in [0.15, 0.2) is 12.2 Å². The van der Waals surface area contributed by atoms with Crippen LogP contribution in [0.4, 0.5) is 0 Å². The first-order valence-electron chi connectivity index (χ1n) is 39.7. The number of phosphoric ester groups is 2. The summed E-state index contributed by atoms with van der Waals surface area (Å²) in [4.78, 5) is 73.0. The molecule has 0 amide bonds. The minimum absolute atomic E-state index is 0.0154. The number of carbonyl (C=O) groups excluding carboxylic acids is 4. The highest BCUT2D eigenvalue weighted by atomic mass is 31.2. The summed E-state index contributed by atoms with van der Waals surface area (Å²) in [5.74, 6) is -2.42. The number of phosphoric acid groups is 2. The molecule has 106 heavy (non-hydrogen) atoms. The molecule has 0 heterocycles. The van der Waals surface area contributed by atoms with Gasteiger partial charge in [-0.25, -0.2) is 9.13 Å². The fourth-order valence-corrected chi connectivity index (χ4v) is 11.3. The summed E-state index contributed by atoms with van der Waals surface area (Å²) in [6, 6.07) is 0. The molecule has 0 rings (SSSR count). The molecular weight excluding hydrogens is 1380 g/mol. The second kappa shape index (κ2) is 77.1. The van der Waals surface area contributed by atoms with Crippen LogP contribution in [0.15, 0.2) is 194 Å². The lowest BCUT2D eigenvalue weighted by Crippen LogP contribution is -2.30. The maximum atomic E-state index is 13.1. The van der Waals surface area contributed by atoms with Crippen molar-refractivity contribution in [2.45, 2.75) is 290 Å². The van der Waals surface area contributed by atoms with E-state index in [2.05, 4.69) is 192 Å². The maximum Gasteiger partial charge on any atom is 0.472 e. The van der Waals surface area contributed by atoms with Crippen LogP contribution in [0.1, 0.15) is 272 Å². The average molecular weight is 1520 g/mol. The molecule has 5 atom stereocenters. The Hall–Kier alpha value is -6.10. The van der Waals surface area contributed by atoms with Crippen molar-refractivity contribution in [1.82, 2.24) is 0 Å². The van der Waals surface area contributed by atoms with Crippen LogP contribution in [0, 0.1) is 0 Å². The summed E-state index contributed by atoms with van der Waals surface area (Å²) in [6.07, 6.45) is 94.4. The van der Waals surface area contributed by atoms with E-state index in [1.54, 1.807) is 6.08 Å². The molecule has 0 bridgehead atoms. The zero-order chi connectivity index (χ0) is 77.4. The van der Waals surface area contributed by atoms with E-state index in [9.17, 15) is 43.2 Å². The van der Waals surface area contributed by atoms with Crippen molar-refractivity contribution in [2.24, 2.45) is 0 Å². The molecule has 0 aliphatic heterocycles. The van der Waals surface area contributed by atoms with E-state index in [0.29, 0.717) is 32.1 Å². The predicted octanol–water partition coefficient (Wildman–Crippen LogP) is 23.3. The Labute approximate surface area is 640 Å². The lowest BCUT2D eigenvalue weighted by Gasteiger charge is -2.21. The molecule has 17 nitrogen and oxygen atoms in total. The largest absolute Gasteiger partial charge is 0.472 e. The molecule has 19 heteroatoms. The number of hydrogen-bond donors (Lipinski definition) is 3. The first-order chi connectivity index (χ1) is 51.7. The minimum atomic E-state index is -5.02. The summed E-state index contributed by atoms with van der Waals surface area (Å²) in [5, 5.41) is 10.6. The maximum absolute atomic E-state index is 13.1. The number of ether oxygens (including phenoxy) is 4. The van der Waals surface area contributed by atoms with Gasteiger partial charge in [-0.05, 0) is 161 Å².